The van der Waals surface area contributed by atoms with Crippen molar-refractivity contribution in [1.29, 1.82) is 0 Å². The lowest BCUT2D eigenvalue weighted by Gasteiger charge is -2.36. The Morgan fingerprint density at radius 2 is 2.15 bits per heavy atom. The zero-order valence-electron chi connectivity index (χ0n) is 12.4. The number of rotatable bonds is 5. The van der Waals surface area contributed by atoms with Crippen molar-refractivity contribution in [3.63, 3.8) is 0 Å². The third-order valence-electron chi connectivity index (χ3n) is 3.22. The Kier molecular flexibility index (Phi) is 4.65. The van der Waals surface area contributed by atoms with Crippen LogP contribution >= 0.6 is 0 Å². The number of alkyl carbamates (subject to hydrolysis) is 1. The molecule has 2 N–H and O–H groups in total. The number of hydrogen-bond donors (Lipinski definition) is 2. The van der Waals surface area contributed by atoms with E-state index in [-0.39, 0.29) is 12.1 Å². The van der Waals surface area contributed by atoms with Crippen molar-refractivity contribution in [3.8, 4) is 0 Å². The van der Waals surface area contributed by atoms with Crippen LogP contribution in [-0.2, 0) is 11.3 Å². The molecule has 0 bridgehead atoms. The molecule has 0 saturated heterocycles. The lowest BCUT2D eigenvalue weighted by Crippen LogP contribution is -2.53. The minimum Gasteiger partial charge on any atom is -0.444 e. The summed E-state index contributed by atoms with van der Waals surface area (Å²) >= 11 is 0. The van der Waals surface area contributed by atoms with E-state index in [0.717, 1.165) is 25.9 Å². The molecule has 1 saturated carbocycles. The quantitative estimate of drug-likeness (QED) is 0.858. The number of imidazole rings is 1. The van der Waals surface area contributed by atoms with Crippen LogP contribution in [0, 0.1) is 0 Å². The highest BCUT2D eigenvalue weighted by molar-refractivity contribution is 5.68. The minimum atomic E-state index is -0.434. The summed E-state index contributed by atoms with van der Waals surface area (Å²) in [6.07, 6.45) is 7.15. The van der Waals surface area contributed by atoms with Crippen LogP contribution in [0.3, 0.4) is 0 Å². The summed E-state index contributed by atoms with van der Waals surface area (Å²) < 4.78 is 7.27. The molecule has 2 rings (SSSR count). The molecule has 0 radical (unpaired) electrons. The van der Waals surface area contributed by atoms with Gasteiger partial charge in [0.25, 0.3) is 0 Å². The number of aromatic nitrogens is 2. The molecule has 0 aliphatic heterocycles. The first kappa shape index (κ1) is 14.8. The molecule has 1 amide bonds. The van der Waals surface area contributed by atoms with Crippen molar-refractivity contribution in [2.45, 2.75) is 57.8 Å². The highest BCUT2D eigenvalue weighted by Gasteiger charge is 2.31. The van der Waals surface area contributed by atoms with Crippen molar-refractivity contribution < 1.29 is 9.53 Å². The molecule has 1 aliphatic rings. The van der Waals surface area contributed by atoms with Crippen molar-refractivity contribution >= 4 is 6.09 Å². The van der Waals surface area contributed by atoms with Crippen molar-refractivity contribution in [3.05, 3.63) is 18.7 Å². The Morgan fingerprint density at radius 3 is 2.75 bits per heavy atom. The fourth-order valence-corrected chi connectivity index (χ4v) is 2.19. The summed E-state index contributed by atoms with van der Waals surface area (Å²) in [5.74, 6) is 0. The molecule has 1 heterocycles. The third kappa shape index (κ3) is 4.85. The van der Waals surface area contributed by atoms with Crippen LogP contribution in [0.25, 0.3) is 0 Å². The number of nitrogens with one attached hydrogen (secondary N) is 2. The number of amides is 1. The first-order valence-electron chi connectivity index (χ1n) is 7.11. The molecule has 0 atom stereocenters. The summed E-state index contributed by atoms with van der Waals surface area (Å²) in [4.78, 5) is 15.6. The normalized spacial score (nSPS) is 22.1. The second kappa shape index (κ2) is 6.26. The molecule has 1 aliphatic carbocycles. The third-order valence-corrected chi connectivity index (χ3v) is 3.22. The smallest absolute Gasteiger partial charge is 0.407 e. The summed E-state index contributed by atoms with van der Waals surface area (Å²) in [6, 6.07) is 0.717. The molecule has 1 fully saturated rings. The van der Waals surface area contributed by atoms with Gasteiger partial charge in [-0.05, 0) is 33.6 Å². The average Bonchev–Trinajstić information content (AvgIpc) is 2.75. The minimum absolute atomic E-state index is 0.232. The zero-order chi connectivity index (χ0) is 14.6. The zero-order valence-corrected chi connectivity index (χ0v) is 12.4. The van der Waals surface area contributed by atoms with E-state index >= 15 is 0 Å². The number of hydrogen-bond acceptors (Lipinski definition) is 4. The molecule has 6 nitrogen and oxygen atoms in total. The Hall–Kier alpha value is -1.56. The highest BCUT2D eigenvalue weighted by Crippen LogP contribution is 2.20. The Bertz CT molecular complexity index is 419. The van der Waals surface area contributed by atoms with Gasteiger partial charge in [0.15, 0.2) is 0 Å². The fraction of sp³-hybridized carbons (Fsp3) is 0.714. The maximum absolute atomic E-state index is 11.6. The standard InChI is InChI=1S/C14H24N4O2/c1-14(2,3)20-13(19)17-12-8-11(9-12)16-5-7-18-6-4-15-10-18/h4,6,10-12,16H,5,7-9H2,1-3H3,(H,17,19). The van der Waals surface area contributed by atoms with Crippen LogP contribution in [0.2, 0.25) is 0 Å². The van der Waals surface area contributed by atoms with Gasteiger partial charge in [-0.1, -0.05) is 0 Å². The molecular weight excluding hydrogens is 256 g/mol. The maximum atomic E-state index is 11.6. The Balaban J connectivity index is 1.55. The van der Waals surface area contributed by atoms with Crippen LogP contribution in [0.5, 0.6) is 0 Å². The molecule has 0 aromatic carbocycles. The van der Waals surface area contributed by atoms with E-state index in [1.807, 2.05) is 37.9 Å². The van der Waals surface area contributed by atoms with E-state index in [4.69, 9.17) is 4.74 Å². The van der Waals surface area contributed by atoms with E-state index in [9.17, 15) is 4.79 Å². The van der Waals surface area contributed by atoms with Crippen LogP contribution in [-0.4, -0.2) is 39.9 Å². The van der Waals surface area contributed by atoms with Gasteiger partial charge in [0.2, 0.25) is 0 Å². The van der Waals surface area contributed by atoms with Gasteiger partial charge in [-0.2, -0.15) is 0 Å². The summed E-state index contributed by atoms with van der Waals surface area (Å²) in [5.41, 5.74) is -0.434. The molecule has 1 aromatic heterocycles. The van der Waals surface area contributed by atoms with E-state index in [1.165, 1.54) is 0 Å². The van der Waals surface area contributed by atoms with Crippen molar-refractivity contribution in [1.82, 2.24) is 20.2 Å². The van der Waals surface area contributed by atoms with Gasteiger partial charge in [-0.3, -0.25) is 0 Å². The largest absolute Gasteiger partial charge is 0.444 e. The van der Waals surface area contributed by atoms with Gasteiger partial charge < -0.3 is 19.9 Å². The van der Waals surface area contributed by atoms with Gasteiger partial charge in [-0.15, -0.1) is 0 Å². The Labute approximate surface area is 119 Å². The lowest BCUT2D eigenvalue weighted by atomic mass is 9.87. The summed E-state index contributed by atoms with van der Waals surface area (Å²) in [6.45, 7) is 7.44. The van der Waals surface area contributed by atoms with E-state index in [1.54, 1.807) is 6.20 Å². The van der Waals surface area contributed by atoms with Gasteiger partial charge in [0.1, 0.15) is 5.60 Å². The predicted molar refractivity (Wildman–Crippen MR) is 76.4 cm³/mol. The lowest BCUT2D eigenvalue weighted by molar-refractivity contribution is 0.0465. The van der Waals surface area contributed by atoms with Crippen LogP contribution in [0.4, 0.5) is 4.79 Å². The van der Waals surface area contributed by atoms with Crippen LogP contribution in [0.15, 0.2) is 18.7 Å². The van der Waals surface area contributed by atoms with Crippen molar-refractivity contribution in [2.75, 3.05) is 6.54 Å². The molecule has 20 heavy (non-hydrogen) atoms. The van der Waals surface area contributed by atoms with E-state index in [0.29, 0.717) is 6.04 Å². The predicted octanol–water partition coefficient (Wildman–Crippen LogP) is 1.53. The monoisotopic (exact) mass is 280 g/mol. The Morgan fingerprint density at radius 1 is 1.40 bits per heavy atom. The molecule has 0 spiro atoms. The summed E-state index contributed by atoms with van der Waals surface area (Å²) in [5, 5.41) is 6.36. The first-order valence-corrected chi connectivity index (χ1v) is 7.11. The van der Waals surface area contributed by atoms with Crippen molar-refractivity contribution in [2.24, 2.45) is 0 Å². The van der Waals surface area contributed by atoms with Gasteiger partial charge in [0, 0.05) is 37.6 Å². The van der Waals surface area contributed by atoms with E-state index in [2.05, 4.69) is 15.6 Å². The summed E-state index contributed by atoms with van der Waals surface area (Å²) in [7, 11) is 0. The average molecular weight is 280 g/mol. The molecular formula is C14H24N4O2. The first-order chi connectivity index (χ1) is 9.42. The van der Waals surface area contributed by atoms with Gasteiger partial charge in [0.05, 0.1) is 6.33 Å². The molecule has 1 aromatic rings. The van der Waals surface area contributed by atoms with Gasteiger partial charge >= 0.3 is 6.09 Å². The SMILES string of the molecule is CC(C)(C)OC(=O)NC1CC(NCCn2ccnc2)C1. The van der Waals surface area contributed by atoms with Gasteiger partial charge in [-0.25, -0.2) is 9.78 Å². The fourth-order valence-electron chi connectivity index (χ4n) is 2.19. The molecule has 112 valence electrons. The second-order valence-corrected chi connectivity index (χ2v) is 6.27. The van der Waals surface area contributed by atoms with Crippen LogP contribution in [0.1, 0.15) is 33.6 Å². The maximum Gasteiger partial charge on any atom is 0.407 e. The number of carbonyl (C=O) groups excluding carboxylic acids is 1. The number of carbonyl (C=O) groups is 1. The highest BCUT2D eigenvalue weighted by atomic mass is 16.6. The van der Waals surface area contributed by atoms with E-state index < -0.39 is 5.60 Å². The number of nitrogens with zero attached hydrogens (tertiary/aromatic N) is 2. The number of ether oxygens (including phenoxy) is 1. The topological polar surface area (TPSA) is 68.2 Å². The van der Waals surface area contributed by atoms with Crippen LogP contribution < -0.4 is 10.6 Å². The second-order valence-electron chi connectivity index (χ2n) is 6.27. The molecule has 0 unspecified atom stereocenters. The molecule has 6 heteroatoms.